The van der Waals surface area contributed by atoms with E-state index in [9.17, 15) is 0 Å². The third-order valence-electron chi connectivity index (χ3n) is 2.77. The predicted octanol–water partition coefficient (Wildman–Crippen LogP) is 3.28. The molecule has 2 nitrogen and oxygen atoms in total. The second-order valence-corrected chi connectivity index (χ2v) is 5.67. The van der Waals surface area contributed by atoms with Crippen molar-refractivity contribution in [1.82, 2.24) is 10.3 Å². The molecule has 0 amide bonds. The van der Waals surface area contributed by atoms with Crippen molar-refractivity contribution < 1.29 is 0 Å². The number of nitrogens with one attached hydrogen (secondary N) is 1. The first kappa shape index (κ1) is 12.7. The average Bonchev–Trinajstić information content (AvgIpc) is 2.45. The summed E-state index contributed by atoms with van der Waals surface area (Å²) in [4.78, 5) is 5.82. The molecular formula is C12H22N2S. The third kappa shape index (κ3) is 3.58. The van der Waals surface area contributed by atoms with Crippen molar-refractivity contribution >= 4 is 11.3 Å². The Morgan fingerprint density at radius 2 is 2.00 bits per heavy atom. The van der Waals surface area contributed by atoms with Crippen molar-refractivity contribution in [2.75, 3.05) is 0 Å². The smallest absolute Gasteiger partial charge is 0.0900 e. The highest BCUT2D eigenvalue weighted by Crippen LogP contribution is 2.17. The lowest BCUT2D eigenvalue weighted by atomic mass is 10.0. The standard InChI is InChI=1S/C12H22N2S/c1-6-11(8(2)3)13-7-12-9(4)14-10(5)15-12/h8,11,13H,6-7H2,1-5H3. The molecule has 1 aromatic heterocycles. The fourth-order valence-electron chi connectivity index (χ4n) is 1.81. The van der Waals surface area contributed by atoms with Crippen LogP contribution >= 0.6 is 11.3 Å². The van der Waals surface area contributed by atoms with E-state index in [-0.39, 0.29) is 0 Å². The Morgan fingerprint density at radius 1 is 1.33 bits per heavy atom. The molecule has 1 rings (SSSR count). The SMILES string of the molecule is CCC(NCc1sc(C)nc1C)C(C)C. The molecule has 0 radical (unpaired) electrons. The summed E-state index contributed by atoms with van der Waals surface area (Å²) in [6, 6.07) is 0.617. The van der Waals surface area contributed by atoms with E-state index in [1.807, 2.05) is 0 Å². The second-order valence-electron chi connectivity index (χ2n) is 4.38. The van der Waals surface area contributed by atoms with Crippen LogP contribution in [0.3, 0.4) is 0 Å². The second kappa shape index (κ2) is 5.61. The molecular weight excluding hydrogens is 204 g/mol. The Balaban J connectivity index is 2.52. The lowest BCUT2D eigenvalue weighted by Crippen LogP contribution is -2.32. The molecule has 0 saturated heterocycles. The van der Waals surface area contributed by atoms with Gasteiger partial charge in [0.1, 0.15) is 0 Å². The van der Waals surface area contributed by atoms with Crippen LogP contribution in [0.25, 0.3) is 0 Å². The highest BCUT2D eigenvalue weighted by Gasteiger charge is 2.11. The van der Waals surface area contributed by atoms with Crippen molar-refractivity contribution in [2.24, 2.45) is 5.92 Å². The van der Waals surface area contributed by atoms with E-state index >= 15 is 0 Å². The monoisotopic (exact) mass is 226 g/mol. The number of aromatic nitrogens is 1. The van der Waals surface area contributed by atoms with Crippen LogP contribution < -0.4 is 5.32 Å². The van der Waals surface area contributed by atoms with Gasteiger partial charge in [0.15, 0.2) is 0 Å². The Hall–Kier alpha value is -0.410. The van der Waals surface area contributed by atoms with Crippen molar-refractivity contribution in [3.63, 3.8) is 0 Å². The Labute approximate surface area is 97.1 Å². The summed E-state index contributed by atoms with van der Waals surface area (Å²) < 4.78 is 0. The maximum atomic E-state index is 4.44. The van der Waals surface area contributed by atoms with E-state index < -0.39 is 0 Å². The van der Waals surface area contributed by atoms with E-state index in [4.69, 9.17) is 0 Å². The molecule has 86 valence electrons. The van der Waals surface area contributed by atoms with Crippen molar-refractivity contribution in [3.8, 4) is 0 Å². The number of nitrogens with zero attached hydrogens (tertiary/aromatic N) is 1. The summed E-state index contributed by atoms with van der Waals surface area (Å²) in [6.45, 7) is 11.9. The van der Waals surface area contributed by atoms with Gasteiger partial charge in [-0.05, 0) is 26.2 Å². The quantitative estimate of drug-likeness (QED) is 0.833. The molecule has 1 heterocycles. The summed E-state index contributed by atoms with van der Waals surface area (Å²) >= 11 is 1.80. The van der Waals surface area contributed by atoms with Crippen molar-refractivity contribution in [1.29, 1.82) is 0 Å². The molecule has 1 unspecified atom stereocenters. The topological polar surface area (TPSA) is 24.9 Å². The number of rotatable bonds is 5. The molecule has 0 aliphatic carbocycles. The molecule has 0 aliphatic rings. The number of hydrogen-bond donors (Lipinski definition) is 1. The van der Waals surface area contributed by atoms with Crippen LogP contribution in [0, 0.1) is 19.8 Å². The zero-order valence-corrected chi connectivity index (χ0v) is 11.2. The molecule has 0 aliphatic heterocycles. The van der Waals surface area contributed by atoms with Gasteiger partial charge in [0, 0.05) is 17.5 Å². The molecule has 0 aromatic carbocycles. The van der Waals surface area contributed by atoms with Gasteiger partial charge in [-0.2, -0.15) is 0 Å². The Bertz CT molecular complexity index is 305. The molecule has 0 fully saturated rings. The van der Waals surface area contributed by atoms with Crippen LogP contribution in [0.4, 0.5) is 0 Å². The molecule has 1 aromatic rings. The van der Waals surface area contributed by atoms with Crippen LogP contribution in [-0.2, 0) is 6.54 Å². The maximum Gasteiger partial charge on any atom is 0.0900 e. The number of thiazole rings is 1. The van der Waals surface area contributed by atoms with Gasteiger partial charge in [-0.15, -0.1) is 11.3 Å². The van der Waals surface area contributed by atoms with Gasteiger partial charge in [0.25, 0.3) is 0 Å². The minimum atomic E-state index is 0.617. The van der Waals surface area contributed by atoms with Crippen LogP contribution in [0.2, 0.25) is 0 Å². The van der Waals surface area contributed by atoms with E-state index in [1.165, 1.54) is 22.0 Å². The lowest BCUT2D eigenvalue weighted by molar-refractivity contribution is 0.388. The largest absolute Gasteiger partial charge is 0.309 e. The van der Waals surface area contributed by atoms with Gasteiger partial charge in [-0.3, -0.25) is 0 Å². The normalized spacial score (nSPS) is 13.5. The van der Waals surface area contributed by atoms with E-state index in [2.05, 4.69) is 44.9 Å². The molecule has 1 atom stereocenters. The summed E-state index contributed by atoms with van der Waals surface area (Å²) in [5.41, 5.74) is 1.18. The zero-order valence-electron chi connectivity index (χ0n) is 10.4. The van der Waals surface area contributed by atoms with Crippen molar-refractivity contribution in [2.45, 2.75) is 53.6 Å². The van der Waals surface area contributed by atoms with Gasteiger partial charge in [0.2, 0.25) is 0 Å². The van der Waals surface area contributed by atoms with Gasteiger partial charge in [-0.25, -0.2) is 4.98 Å². The van der Waals surface area contributed by atoms with E-state index in [0.717, 1.165) is 6.54 Å². The van der Waals surface area contributed by atoms with Crippen LogP contribution in [0.1, 0.15) is 42.8 Å². The Kier molecular flexibility index (Phi) is 4.74. The van der Waals surface area contributed by atoms with Crippen LogP contribution in [0.15, 0.2) is 0 Å². The highest BCUT2D eigenvalue weighted by molar-refractivity contribution is 7.11. The first-order valence-corrected chi connectivity index (χ1v) is 6.52. The van der Waals surface area contributed by atoms with Gasteiger partial charge in [0.05, 0.1) is 10.7 Å². The molecule has 3 heteroatoms. The minimum Gasteiger partial charge on any atom is -0.309 e. The van der Waals surface area contributed by atoms with E-state index in [1.54, 1.807) is 11.3 Å². The van der Waals surface area contributed by atoms with Gasteiger partial charge in [-0.1, -0.05) is 20.8 Å². The zero-order chi connectivity index (χ0) is 11.4. The van der Waals surface area contributed by atoms with Crippen molar-refractivity contribution in [3.05, 3.63) is 15.6 Å². The average molecular weight is 226 g/mol. The number of aryl methyl sites for hydroxylation is 2. The first-order chi connectivity index (χ1) is 7.04. The number of hydrogen-bond acceptors (Lipinski definition) is 3. The molecule has 15 heavy (non-hydrogen) atoms. The molecule has 0 saturated carbocycles. The summed E-state index contributed by atoms with van der Waals surface area (Å²) in [6.07, 6.45) is 1.19. The summed E-state index contributed by atoms with van der Waals surface area (Å²) in [5.74, 6) is 0.698. The first-order valence-electron chi connectivity index (χ1n) is 5.70. The predicted molar refractivity (Wildman–Crippen MR) is 67.3 cm³/mol. The van der Waals surface area contributed by atoms with Crippen LogP contribution in [-0.4, -0.2) is 11.0 Å². The van der Waals surface area contributed by atoms with Gasteiger partial charge < -0.3 is 5.32 Å². The Morgan fingerprint density at radius 3 is 2.40 bits per heavy atom. The fourth-order valence-corrected chi connectivity index (χ4v) is 2.70. The van der Waals surface area contributed by atoms with E-state index in [0.29, 0.717) is 12.0 Å². The molecule has 0 spiro atoms. The van der Waals surface area contributed by atoms with Gasteiger partial charge >= 0.3 is 0 Å². The lowest BCUT2D eigenvalue weighted by Gasteiger charge is -2.20. The maximum absolute atomic E-state index is 4.44. The summed E-state index contributed by atoms with van der Waals surface area (Å²) in [7, 11) is 0. The fraction of sp³-hybridized carbons (Fsp3) is 0.750. The van der Waals surface area contributed by atoms with Crippen LogP contribution in [0.5, 0.6) is 0 Å². The summed E-state index contributed by atoms with van der Waals surface area (Å²) in [5, 5.41) is 4.78. The molecule has 1 N–H and O–H groups in total. The minimum absolute atomic E-state index is 0.617. The molecule has 0 bridgehead atoms. The highest BCUT2D eigenvalue weighted by atomic mass is 32.1. The third-order valence-corrected chi connectivity index (χ3v) is 3.84.